The normalized spacial score (nSPS) is 17.9. The van der Waals surface area contributed by atoms with E-state index in [9.17, 15) is 0 Å². The molecule has 1 N–H and O–H groups in total. The lowest BCUT2D eigenvalue weighted by molar-refractivity contribution is 0.0830. The zero-order chi connectivity index (χ0) is 12.3. The van der Waals surface area contributed by atoms with Gasteiger partial charge in [-0.1, -0.05) is 5.21 Å². The van der Waals surface area contributed by atoms with E-state index in [0.717, 1.165) is 38.3 Å². The average Bonchev–Trinajstić information content (AvgIpc) is 2.74. The van der Waals surface area contributed by atoms with E-state index in [1.807, 2.05) is 7.05 Å². The van der Waals surface area contributed by atoms with Gasteiger partial charge in [-0.05, 0) is 33.7 Å². The van der Waals surface area contributed by atoms with E-state index >= 15 is 0 Å². The molecule has 1 fully saturated rings. The van der Waals surface area contributed by atoms with Gasteiger partial charge >= 0.3 is 0 Å². The molecule has 0 amide bonds. The highest BCUT2D eigenvalue weighted by Crippen LogP contribution is 2.30. The molecule has 96 valence electrons. The van der Waals surface area contributed by atoms with Gasteiger partial charge in [0.1, 0.15) is 0 Å². The van der Waals surface area contributed by atoms with Gasteiger partial charge in [-0.3, -0.25) is 0 Å². The van der Waals surface area contributed by atoms with Crippen LogP contribution in [0.25, 0.3) is 0 Å². The first-order valence-electron chi connectivity index (χ1n) is 6.40. The SMILES string of the molecule is CNCc1nnn(C(C)C)c1C1CCOCC1. The summed E-state index contributed by atoms with van der Waals surface area (Å²) in [5.74, 6) is 0.546. The Hall–Kier alpha value is -0.940. The van der Waals surface area contributed by atoms with E-state index in [2.05, 4.69) is 34.2 Å². The van der Waals surface area contributed by atoms with Crippen LogP contribution in [-0.4, -0.2) is 35.3 Å². The Labute approximate surface area is 103 Å². The number of rotatable bonds is 4. The molecule has 1 aromatic rings. The first-order valence-corrected chi connectivity index (χ1v) is 6.40. The molecular formula is C12H22N4O. The number of nitrogens with zero attached hydrogens (tertiary/aromatic N) is 3. The van der Waals surface area contributed by atoms with Crippen molar-refractivity contribution in [3.63, 3.8) is 0 Å². The minimum atomic E-state index is 0.367. The number of aromatic nitrogens is 3. The molecule has 2 rings (SSSR count). The highest BCUT2D eigenvalue weighted by Gasteiger charge is 2.25. The zero-order valence-electron chi connectivity index (χ0n) is 10.9. The van der Waals surface area contributed by atoms with Crippen LogP contribution in [-0.2, 0) is 11.3 Å². The molecule has 17 heavy (non-hydrogen) atoms. The molecule has 1 saturated heterocycles. The maximum absolute atomic E-state index is 5.43. The van der Waals surface area contributed by atoms with Gasteiger partial charge in [0.15, 0.2) is 0 Å². The summed E-state index contributed by atoms with van der Waals surface area (Å²) in [5.41, 5.74) is 2.39. The van der Waals surface area contributed by atoms with Gasteiger partial charge < -0.3 is 10.1 Å². The summed E-state index contributed by atoms with van der Waals surface area (Å²) in [6.45, 7) is 6.81. The smallest absolute Gasteiger partial charge is 0.0999 e. The molecule has 0 saturated carbocycles. The molecule has 5 heteroatoms. The maximum atomic E-state index is 5.43. The molecule has 5 nitrogen and oxygen atoms in total. The fourth-order valence-corrected chi connectivity index (χ4v) is 2.40. The largest absolute Gasteiger partial charge is 0.381 e. The fraction of sp³-hybridized carbons (Fsp3) is 0.833. The van der Waals surface area contributed by atoms with E-state index in [1.54, 1.807) is 0 Å². The lowest BCUT2D eigenvalue weighted by Gasteiger charge is -2.24. The monoisotopic (exact) mass is 238 g/mol. The lowest BCUT2D eigenvalue weighted by Crippen LogP contribution is -2.21. The van der Waals surface area contributed by atoms with Crippen molar-refractivity contribution in [1.29, 1.82) is 0 Å². The number of hydrogen-bond acceptors (Lipinski definition) is 4. The average molecular weight is 238 g/mol. The Balaban J connectivity index is 2.29. The Kier molecular flexibility index (Phi) is 4.12. The van der Waals surface area contributed by atoms with Gasteiger partial charge in [0.05, 0.1) is 11.4 Å². The van der Waals surface area contributed by atoms with Gasteiger partial charge in [0.25, 0.3) is 0 Å². The predicted molar refractivity (Wildman–Crippen MR) is 66.0 cm³/mol. The van der Waals surface area contributed by atoms with E-state index < -0.39 is 0 Å². The molecule has 2 heterocycles. The fourth-order valence-electron chi connectivity index (χ4n) is 2.40. The Morgan fingerprint density at radius 2 is 2.12 bits per heavy atom. The molecule has 0 radical (unpaired) electrons. The highest BCUT2D eigenvalue weighted by atomic mass is 16.5. The minimum Gasteiger partial charge on any atom is -0.381 e. The number of ether oxygens (including phenoxy) is 1. The zero-order valence-corrected chi connectivity index (χ0v) is 10.9. The number of nitrogens with one attached hydrogen (secondary N) is 1. The second-order valence-corrected chi connectivity index (χ2v) is 4.88. The van der Waals surface area contributed by atoms with E-state index in [-0.39, 0.29) is 0 Å². The van der Waals surface area contributed by atoms with Crippen molar-refractivity contribution >= 4 is 0 Å². The third-order valence-electron chi connectivity index (χ3n) is 3.25. The van der Waals surface area contributed by atoms with Crippen molar-refractivity contribution in [3.8, 4) is 0 Å². The summed E-state index contributed by atoms with van der Waals surface area (Å²) >= 11 is 0. The lowest BCUT2D eigenvalue weighted by atomic mass is 9.94. The van der Waals surface area contributed by atoms with Crippen molar-refractivity contribution in [2.24, 2.45) is 0 Å². The van der Waals surface area contributed by atoms with Gasteiger partial charge in [0.2, 0.25) is 0 Å². The minimum absolute atomic E-state index is 0.367. The van der Waals surface area contributed by atoms with Gasteiger partial charge in [-0.2, -0.15) is 0 Å². The van der Waals surface area contributed by atoms with Crippen molar-refractivity contribution in [2.75, 3.05) is 20.3 Å². The third kappa shape index (κ3) is 2.66. The molecule has 0 spiro atoms. The first kappa shape index (κ1) is 12.5. The molecule has 0 aromatic carbocycles. The number of hydrogen-bond donors (Lipinski definition) is 1. The molecule has 1 aliphatic rings. The quantitative estimate of drug-likeness (QED) is 0.863. The van der Waals surface area contributed by atoms with Crippen LogP contribution in [0.2, 0.25) is 0 Å². The Morgan fingerprint density at radius 3 is 2.71 bits per heavy atom. The van der Waals surface area contributed by atoms with E-state index in [1.165, 1.54) is 5.69 Å². The van der Waals surface area contributed by atoms with Crippen LogP contribution < -0.4 is 5.32 Å². The second-order valence-electron chi connectivity index (χ2n) is 4.88. The van der Waals surface area contributed by atoms with Gasteiger partial charge in [0, 0.05) is 31.7 Å². The summed E-state index contributed by atoms with van der Waals surface area (Å²) in [5, 5.41) is 11.8. The van der Waals surface area contributed by atoms with Crippen molar-refractivity contribution in [1.82, 2.24) is 20.3 Å². The third-order valence-corrected chi connectivity index (χ3v) is 3.25. The standard InChI is InChI=1S/C12H22N4O/c1-9(2)16-12(10-4-6-17-7-5-10)11(8-13-3)14-15-16/h9-10,13H,4-8H2,1-3H3. The van der Waals surface area contributed by atoms with Gasteiger partial charge in [-0.25, -0.2) is 4.68 Å². The van der Waals surface area contributed by atoms with Crippen LogP contribution in [0.15, 0.2) is 0 Å². The van der Waals surface area contributed by atoms with Crippen LogP contribution in [0.5, 0.6) is 0 Å². The Morgan fingerprint density at radius 1 is 1.41 bits per heavy atom. The van der Waals surface area contributed by atoms with Crippen molar-refractivity contribution in [3.05, 3.63) is 11.4 Å². The van der Waals surface area contributed by atoms with Gasteiger partial charge in [-0.15, -0.1) is 5.10 Å². The van der Waals surface area contributed by atoms with Crippen LogP contribution >= 0.6 is 0 Å². The van der Waals surface area contributed by atoms with Crippen LogP contribution in [0.4, 0.5) is 0 Å². The molecule has 1 aliphatic heterocycles. The molecule has 1 aromatic heterocycles. The topological polar surface area (TPSA) is 52.0 Å². The summed E-state index contributed by atoms with van der Waals surface area (Å²) in [6.07, 6.45) is 2.16. The molecule has 0 aliphatic carbocycles. The molecule has 0 bridgehead atoms. The van der Waals surface area contributed by atoms with Crippen LogP contribution in [0, 0.1) is 0 Å². The van der Waals surface area contributed by atoms with Crippen molar-refractivity contribution < 1.29 is 4.74 Å². The molecule has 0 atom stereocenters. The van der Waals surface area contributed by atoms with E-state index in [4.69, 9.17) is 4.74 Å². The second kappa shape index (κ2) is 5.60. The summed E-state index contributed by atoms with van der Waals surface area (Å²) in [4.78, 5) is 0. The first-order chi connectivity index (χ1) is 8.24. The van der Waals surface area contributed by atoms with Crippen molar-refractivity contribution in [2.45, 2.75) is 45.2 Å². The van der Waals surface area contributed by atoms with Crippen LogP contribution in [0.3, 0.4) is 0 Å². The predicted octanol–water partition coefficient (Wildman–Crippen LogP) is 1.47. The summed E-state index contributed by atoms with van der Waals surface area (Å²) in [7, 11) is 1.95. The highest BCUT2D eigenvalue weighted by molar-refractivity contribution is 5.17. The summed E-state index contributed by atoms with van der Waals surface area (Å²) < 4.78 is 7.50. The Bertz CT molecular complexity index is 355. The summed E-state index contributed by atoms with van der Waals surface area (Å²) in [6, 6.07) is 0.367. The molecular weight excluding hydrogens is 216 g/mol. The molecule has 0 unspecified atom stereocenters. The maximum Gasteiger partial charge on any atom is 0.0999 e. The van der Waals surface area contributed by atoms with E-state index in [0.29, 0.717) is 12.0 Å². The van der Waals surface area contributed by atoms with Crippen LogP contribution in [0.1, 0.15) is 50.0 Å².